The van der Waals surface area contributed by atoms with Gasteiger partial charge in [0.2, 0.25) is 11.0 Å². The Bertz CT molecular complexity index is 811. The highest BCUT2D eigenvalue weighted by Gasteiger charge is 2.23. The van der Waals surface area contributed by atoms with Crippen LogP contribution < -0.4 is 9.64 Å². The van der Waals surface area contributed by atoms with Crippen molar-refractivity contribution in [3.05, 3.63) is 30.4 Å². The van der Waals surface area contributed by atoms with Gasteiger partial charge in [-0.3, -0.25) is 0 Å². The topological polar surface area (TPSA) is 77.7 Å². The Balaban J connectivity index is 1.35. The van der Waals surface area contributed by atoms with E-state index in [1.165, 1.54) is 11.5 Å². The minimum absolute atomic E-state index is 0.172. The lowest BCUT2D eigenvalue weighted by Crippen LogP contribution is -2.38. The van der Waals surface area contributed by atoms with Gasteiger partial charge >= 0.3 is 0 Å². The summed E-state index contributed by atoms with van der Waals surface area (Å²) in [6, 6.07) is 3.72. The molecule has 0 radical (unpaired) electrons. The average Bonchev–Trinajstić information content (AvgIpc) is 3.25. The van der Waals surface area contributed by atoms with Gasteiger partial charge in [-0.25, -0.2) is 9.50 Å². The van der Waals surface area contributed by atoms with Crippen LogP contribution in [0.4, 0.5) is 5.13 Å². The van der Waals surface area contributed by atoms with Crippen molar-refractivity contribution >= 4 is 22.3 Å². The van der Waals surface area contributed by atoms with Crippen molar-refractivity contribution in [2.24, 2.45) is 0 Å². The normalized spacial score (nSPS) is 16.0. The summed E-state index contributed by atoms with van der Waals surface area (Å²) in [4.78, 5) is 11.2. The lowest BCUT2D eigenvalue weighted by molar-refractivity contribution is 0.164. The maximum atomic E-state index is 6.03. The van der Waals surface area contributed by atoms with E-state index >= 15 is 0 Å². The van der Waals surface area contributed by atoms with Crippen LogP contribution in [0.1, 0.15) is 18.7 Å². The van der Waals surface area contributed by atoms with Gasteiger partial charge in [0.25, 0.3) is 0 Å². The highest BCUT2D eigenvalue weighted by atomic mass is 32.1. The summed E-state index contributed by atoms with van der Waals surface area (Å²) < 4.78 is 17.1. The average molecular weight is 346 g/mol. The van der Waals surface area contributed by atoms with Gasteiger partial charge < -0.3 is 14.4 Å². The van der Waals surface area contributed by atoms with E-state index in [1.54, 1.807) is 17.8 Å². The van der Waals surface area contributed by atoms with Gasteiger partial charge in [0, 0.05) is 62.9 Å². The van der Waals surface area contributed by atoms with Crippen LogP contribution in [-0.2, 0) is 11.3 Å². The molecule has 0 unspecified atom stereocenters. The summed E-state index contributed by atoms with van der Waals surface area (Å²) >= 11 is 1.43. The van der Waals surface area contributed by atoms with E-state index in [0.29, 0.717) is 12.5 Å². The molecule has 1 aliphatic heterocycles. The second kappa shape index (κ2) is 6.70. The van der Waals surface area contributed by atoms with E-state index in [1.807, 2.05) is 18.3 Å². The zero-order valence-corrected chi connectivity index (χ0v) is 14.1. The number of methoxy groups -OCH3 is 1. The molecule has 9 heteroatoms. The van der Waals surface area contributed by atoms with Crippen molar-refractivity contribution in [3.63, 3.8) is 0 Å². The van der Waals surface area contributed by atoms with Crippen LogP contribution in [0.2, 0.25) is 0 Å². The molecular weight excluding hydrogens is 328 g/mol. The van der Waals surface area contributed by atoms with E-state index in [0.717, 1.165) is 42.5 Å². The Kier molecular flexibility index (Phi) is 4.26. The van der Waals surface area contributed by atoms with Gasteiger partial charge in [-0.1, -0.05) is 0 Å². The predicted molar refractivity (Wildman–Crippen MR) is 89.5 cm³/mol. The molecule has 0 aliphatic carbocycles. The van der Waals surface area contributed by atoms with E-state index in [4.69, 9.17) is 9.47 Å². The molecule has 3 aromatic rings. The molecule has 0 bridgehead atoms. The maximum Gasteiger partial charge on any atom is 0.217 e. The van der Waals surface area contributed by atoms with E-state index in [9.17, 15) is 0 Å². The van der Waals surface area contributed by atoms with Crippen molar-refractivity contribution in [2.45, 2.75) is 25.6 Å². The quantitative estimate of drug-likeness (QED) is 0.697. The zero-order valence-electron chi connectivity index (χ0n) is 13.3. The fourth-order valence-corrected chi connectivity index (χ4v) is 3.48. The van der Waals surface area contributed by atoms with Crippen LogP contribution in [0.25, 0.3) is 5.65 Å². The summed E-state index contributed by atoms with van der Waals surface area (Å²) in [7, 11) is 1.65. The molecule has 126 valence electrons. The molecular formula is C15H18N6O2S. The number of hydrogen-bond donors (Lipinski definition) is 0. The van der Waals surface area contributed by atoms with E-state index < -0.39 is 0 Å². The van der Waals surface area contributed by atoms with Crippen LogP contribution in [0.15, 0.2) is 24.5 Å². The fraction of sp³-hybridized carbons (Fsp3) is 0.467. The van der Waals surface area contributed by atoms with Crippen molar-refractivity contribution in [1.29, 1.82) is 0 Å². The van der Waals surface area contributed by atoms with Gasteiger partial charge in [0.15, 0.2) is 11.5 Å². The Hall–Kier alpha value is -2.26. The summed E-state index contributed by atoms with van der Waals surface area (Å²) in [5.74, 6) is 1.40. The van der Waals surface area contributed by atoms with Crippen LogP contribution >= 0.6 is 11.5 Å². The first-order valence-corrected chi connectivity index (χ1v) is 8.63. The van der Waals surface area contributed by atoms with E-state index in [-0.39, 0.29) is 6.10 Å². The van der Waals surface area contributed by atoms with Gasteiger partial charge in [-0.15, -0.1) is 0 Å². The highest BCUT2D eigenvalue weighted by Crippen LogP contribution is 2.24. The molecule has 4 rings (SSSR count). The Labute approximate surface area is 143 Å². The Morgan fingerprint density at radius 1 is 1.25 bits per heavy atom. The second-order valence-corrected chi connectivity index (χ2v) is 6.36. The van der Waals surface area contributed by atoms with Crippen molar-refractivity contribution in [3.8, 4) is 5.88 Å². The fourth-order valence-electron chi connectivity index (χ4n) is 2.76. The third-order valence-electron chi connectivity index (χ3n) is 3.96. The number of piperidine rings is 1. The van der Waals surface area contributed by atoms with Gasteiger partial charge in [0.05, 0.1) is 6.20 Å². The van der Waals surface area contributed by atoms with Gasteiger partial charge in [-0.2, -0.15) is 14.5 Å². The lowest BCUT2D eigenvalue weighted by atomic mass is 10.1. The van der Waals surface area contributed by atoms with Crippen molar-refractivity contribution < 1.29 is 9.47 Å². The third kappa shape index (κ3) is 3.17. The van der Waals surface area contributed by atoms with E-state index in [2.05, 4.69) is 24.3 Å². The number of fused-ring (bicyclic) bond motifs is 1. The monoisotopic (exact) mass is 346 g/mol. The molecule has 24 heavy (non-hydrogen) atoms. The second-order valence-electron chi connectivity index (χ2n) is 5.63. The summed E-state index contributed by atoms with van der Waals surface area (Å²) in [6.07, 6.45) is 5.64. The largest absolute Gasteiger partial charge is 0.474 e. The first kappa shape index (κ1) is 15.3. The minimum Gasteiger partial charge on any atom is -0.474 e. The first-order valence-electron chi connectivity index (χ1n) is 7.85. The van der Waals surface area contributed by atoms with Crippen molar-refractivity contribution in [1.82, 2.24) is 24.0 Å². The van der Waals surface area contributed by atoms with Crippen LogP contribution in [0, 0.1) is 0 Å². The molecule has 4 heterocycles. The molecule has 0 amide bonds. The van der Waals surface area contributed by atoms with Gasteiger partial charge in [-0.05, 0) is 0 Å². The number of anilines is 1. The van der Waals surface area contributed by atoms with Crippen LogP contribution in [0.3, 0.4) is 0 Å². The van der Waals surface area contributed by atoms with Crippen LogP contribution in [-0.4, -0.2) is 50.3 Å². The molecule has 0 atom stereocenters. The highest BCUT2D eigenvalue weighted by molar-refractivity contribution is 7.09. The molecule has 0 saturated carbocycles. The molecule has 1 aliphatic rings. The predicted octanol–water partition coefficient (Wildman–Crippen LogP) is 1.77. The standard InChI is InChI=1S/C15H18N6O2S/c1-22-10-12-17-15(24-19-12)20-7-3-11(4-8-20)23-14-5-9-21-13(18-14)2-6-16-21/h2,5-6,9,11H,3-4,7-8,10H2,1H3. The first-order chi connectivity index (χ1) is 11.8. The summed E-state index contributed by atoms with van der Waals surface area (Å²) in [5, 5.41) is 5.09. The molecule has 3 aromatic heterocycles. The molecule has 0 N–H and O–H groups in total. The Morgan fingerprint density at radius 2 is 2.12 bits per heavy atom. The molecule has 1 saturated heterocycles. The van der Waals surface area contributed by atoms with Crippen molar-refractivity contribution in [2.75, 3.05) is 25.1 Å². The number of hydrogen-bond acceptors (Lipinski definition) is 8. The number of rotatable bonds is 5. The SMILES string of the molecule is COCc1nsc(N2CCC(Oc3ccn4nccc4n3)CC2)n1. The Morgan fingerprint density at radius 3 is 2.96 bits per heavy atom. The summed E-state index contributed by atoms with van der Waals surface area (Å²) in [5.41, 5.74) is 0.796. The number of nitrogens with zero attached hydrogens (tertiary/aromatic N) is 6. The molecule has 0 spiro atoms. The molecule has 8 nitrogen and oxygen atoms in total. The molecule has 0 aromatic carbocycles. The maximum absolute atomic E-state index is 6.03. The summed E-state index contributed by atoms with van der Waals surface area (Å²) in [6.45, 7) is 2.27. The number of ether oxygens (including phenoxy) is 2. The smallest absolute Gasteiger partial charge is 0.217 e. The number of aromatic nitrogens is 5. The van der Waals surface area contributed by atoms with Gasteiger partial charge in [0.1, 0.15) is 12.7 Å². The minimum atomic E-state index is 0.172. The van der Waals surface area contributed by atoms with Crippen LogP contribution in [0.5, 0.6) is 5.88 Å². The lowest BCUT2D eigenvalue weighted by Gasteiger charge is -2.31. The third-order valence-corrected chi connectivity index (χ3v) is 4.78. The zero-order chi connectivity index (χ0) is 16.4. The molecule has 1 fully saturated rings.